The number of rotatable bonds is 2. The fraction of sp³-hybridized carbons (Fsp3) is 0.857. The quantitative estimate of drug-likeness (QED) is 0.664. The third-order valence-electron chi connectivity index (χ3n) is 2.37. The lowest BCUT2D eigenvalue weighted by Gasteiger charge is -2.29. The molecule has 1 fully saturated rings. The van der Waals surface area contributed by atoms with Gasteiger partial charge in [0.15, 0.2) is 0 Å². The van der Waals surface area contributed by atoms with Crippen molar-refractivity contribution in [2.75, 3.05) is 0 Å². The third kappa shape index (κ3) is 2.58. The topological polar surface area (TPSA) is 101 Å². The first-order valence-corrected chi connectivity index (χ1v) is 5.89. The predicted molar refractivity (Wildman–Crippen MR) is 49.8 cm³/mol. The van der Waals surface area contributed by atoms with Gasteiger partial charge >= 0.3 is 16.3 Å². The number of amides is 2. The van der Waals surface area contributed by atoms with E-state index in [4.69, 9.17) is 10.3 Å². The summed E-state index contributed by atoms with van der Waals surface area (Å²) in [6.07, 6.45) is 3.87. The van der Waals surface area contributed by atoms with Crippen LogP contribution in [-0.4, -0.2) is 29.3 Å². The minimum Gasteiger partial charge on any atom is -0.351 e. The van der Waals surface area contributed by atoms with Crippen LogP contribution in [0, 0.1) is 0 Å². The molecule has 82 valence electrons. The van der Waals surface area contributed by atoms with Crippen LogP contribution >= 0.6 is 0 Å². The van der Waals surface area contributed by atoms with E-state index in [1.165, 1.54) is 0 Å². The maximum atomic E-state index is 10.9. The van der Waals surface area contributed by atoms with Crippen LogP contribution in [0.5, 0.6) is 0 Å². The van der Waals surface area contributed by atoms with Crippen molar-refractivity contribution in [3.05, 3.63) is 0 Å². The second kappa shape index (κ2) is 4.14. The zero-order chi connectivity index (χ0) is 10.8. The number of carbonyl (C=O) groups is 1. The number of nitrogens with two attached hydrogens (primary N) is 1. The van der Waals surface area contributed by atoms with Crippen LogP contribution in [-0.2, 0) is 10.3 Å². The molecule has 0 spiro atoms. The molecule has 0 aromatic heterocycles. The van der Waals surface area contributed by atoms with Crippen LogP contribution in [0.15, 0.2) is 0 Å². The molecule has 0 heterocycles. The molecule has 14 heavy (non-hydrogen) atoms. The number of nitrogens with zero attached hydrogens (tertiary/aromatic N) is 1. The van der Waals surface area contributed by atoms with Crippen LogP contribution < -0.4 is 5.73 Å². The Hall–Kier alpha value is -0.820. The molecule has 0 saturated heterocycles. The van der Waals surface area contributed by atoms with E-state index >= 15 is 0 Å². The van der Waals surface area contributed by atoms with Crippen LogP contribution in [0.1, 0.15) is 32.1 Å². The molecule has 6 nitrogen and oxygen atoms in total. The lowest BCUT2D eigenvalue weighted by atomic mass is 9.96. The first-order chi connectivity index (χ1) is 6.43. The van der Waals surface area contributed by atoms with Gasteiger partial charge in [-0.25, -0.2) is 4.79 Å². The molecule has 7 heteroatoms. The largest absolute Gasteiger partial charge is 0.363 e. The summed E-state index contributed by atoms with van der Waals surface area (Å²) in [5, 5.41) is 0. The van der Waals surface area contributed by atoms with Gasteiger partial charge in [-0.3, -0.25) is 4.55 Å². The zero-order valence-electron chi connectivity index (χ0n) is 7.72. The van der Waals surface area contributed by atoms with E-state index in [2.05, 4.69) is 0 Å². The Morgan fingerprint density at radius 1 is 1.29 bits per heavy atom. The third-order valence-corrected chi connectivity index (χ3v) is 3.35. The summed E-state index contributed by atoms with van der Waals surface area (Å²) in [4.78, 5) is 10.9. The highest BCUT2D eigenvalue weighted by atomic mass is 32.2. The molecule has 0 bridgehead atoms. The van der Waals surface area contributed by atoms with Crippen molar-refractivity contribution in [2.45, 2.75) is 38.1 Å². The predicted octanol–water partition coefficient (Wildman–Crippen LogP) is 0.503. The highest BCUT2D eigenvalue weighted by Crippen LogP contribution is 2.23. The van der Waals surface area contributed by atoms with Gasteiger partial charge in [0.25, 0.3) is 0 Å². The van der Waals surface area contributed by atoms with E-state index in [-0.39, 0.29) is 0 Å². The highest BCUT2D eigenvalue weighted by Gasteiger charge is 2.32. The van der Waals surface area contributed by atoms with Crippen molar-refractivity contribution >= 4 is 16.3 Å². The van der Waals surface area contributed by atoms with Crippen molar-refractivity contribution < 1.29 is 17.8 Å². The van der Waals surface area contributed by atoms with Gasteiger partial charge in [0.05, 0.1) is 6.04 Å². The minimum atomic E-state index is -4.50. The first-order valence-electron chi connectivity index (χ1n) is 4.49. The average Bonchev–Trinajstić information content (AvgIpc) is 2.02. The van der Waals surface area contributed by atoms with Gasteiger partial charge in [-0.05, 0) is 12.8 Å². The fourth-order valence-corrected chi connectivity index (χ4v) is 2.61. The Morgan fingerprint density at radius 3 is 2.14 bits per heavy atom. The molecule has 0 aromatic rings. The lowest BCUT2D eigenvalue weighted by molar-refractivity contribution is 0.202. The summed E-state index contributed by atoms with van der Waals surface area (Å²) in [6.45, 7) is 0. The van der Waals surface area contributed by atoms with Crippen LogP contribution in [0.3, 0.4) is 0 Å². The summed E-state index contributed by atoms with van der Waals surface area (Å²) >= 11 is 0. The standard InChI is InChI=1S/C7H14N2O4S/c8-7(10)9(14(11,12)13)6-4-2-1-3-5-6/h6H,1-5H2,(H2,8,10)(H,11,12,13). The van der Waals surface area contributed by atoms with Crippen LogP contribution in [0.2, 0.25) is 0 Å². The molecule has 1 aliphatic rings. The van der Waals surface area contributed by atoms with Gasteiger partial charge in [0, 0.05) is 0 Å². The molecular formula is C7H14N2O4S. The molecule has 1 rings (SSSR count). The van der Waals surface area contributed by atoms with Gasteiger partial charge in [0.1, 0.15) is 0 Å². The number of hydrogen-bond acceptors (Lipinski definition) is 3. The van der Waals surface area contributed by atoms with Crippen molar-refractivity contribution in [1.82, 2.24) is 4.31 Å². The van der Waals surface area contributed by atoms with Crippen LogP contribution in [0.25, 0.3) is 0 Å². The molecule has 0 atom stereocenters. The zero-order valence-corrected chi connectivity index (χ0v) is 8.53. The molecule has 0 radical (unpaired) electrons. The van der Waals surface area contributed by atoms with Gasteiger partial charge < -0.3 is 5.73 Å². The van der Waals surface area contributed by atoms with Crippen molar-refractivity contribution in [3.8, 4) is 0 Å². The van der Waals surface area contributed by atoms with E-state index in [0.29, 0.717) is 17.1 Å². The summed E-state index contributed by atoms with van der Waals surface area (Å²) < 4.78 is 30.9. The molecule has 2 amide bonds. The van der Waals surface area contributed by atoms with Crippen molar-refractivity contribution in [3.63, 3.8) is 0 Å². The number of carbonyl (C=O) groups excluding carboxylic acids is 1. The second-order valence-electron chi connectivity index (χ2n) is 3.40. The Morgan fingerprint density at radius 2 is 1.79 bits per heavy atom. The van der Waals surface area contributed by atoms with Crippen LogP contribution in [0.4, 0.5) is 4.79 Å². The number of hydrogen-bond donors (Lipinski definition) is 2. The average molecular weight is 222 g/mol. The summed E-state index contributed by atoms with van der Waals surface area (Å²) in [5.41, 5.74) is 4.90. The monoisotopic (exact) mass is 222 g/mol. The maximum Gasteiger partial charge on any atom is 0.363 e. The summed E-state index contributed by atoms with van der Waals surface area (Å²) in [6, 6.07) is -1.59. The summed E-state index contributed by atoms with van der Waals surface area (Å²) in [5.74, 6) is 0. The second-order valence-corrected chi connectivity index (χ2v) is 4.69. The van der Waals surface area contributed by atoms with E-state index in [0.717, 1.165) is 19.3 Å². The van der Waals surface area contributed by atoms with Gasteiger partial charge in [-0.2, -0.15) is 12.7 Å². The Bertz CT molecular complexity index is 308. The molecule has 0 aromatic carbocycles. The SMILES string of the molecule is NC(=O)N(C1CCCCC1)S(=O)(=O)O. The molecule has 1 saturated carbocycles. The van der Waals surface area contributed by atoms with Gasteiger partial charge in [-0.15, -0.1) is 0 Å². The highest BCUT2D eigenvalue weighted by molar-refractivity contribution is 7.84. The number of urea groups is 1. The molecular weight excluding hydrogens is 208 g/mol. The first kappa shape index (κ1) is 11.3. The molecule has 1 aliphatic carbocycles. The van der Waals surface area contributed by atoms with Crippen molar-refractivity contribution in [1.29, 1.82) is 0 Å². The molecule has 0 unspecified atom stereocenters. The lowest BCUT2D eigenvalue weighted by Crippen LogP contribution is -2.47. The Balaban J connectivity index is 2.82. The normalized spacial score (nSPS) is 19.2. The van der Waals surface area contributed by atoms with Gasteiger partial charge in [0.2, 0.25) is 0 Å². The van der Waals surface area contributed by atoms with Crippen molar-refractivity contribution in [2.24, 2.45) is 5.73 Å². The van der Waals surface area contributed by atoms with Gasteiger partial charge in [-0.1, -0.05) is 19.3 Å². The Labute approximate surface area is 82.9 Å². The molecule has 3 N–H and O–H groups in total. The van der Waals surface area contributed by atoms with E-state index in [9.17, 15) is 13.2 Å². The Kier molecular flexibility index (Phi) is 3.33. The summed E-state index contributed by atoms with van der Waals surface area (Å²) in [7, 11) is -4.50. The van der Waals surface area contributed by atoms with E-state index < -0.39 is 22.4 Å². The fourth-order valence-electron chi connectivity index (χ4n) is 1.80. The van der Waals surface area contributed by atoms with E-state index in [1.54, 1.807) is 0 Å². The maximum absolute atomic E-state index is 10.9. The minimum absolute atomic E-state index is 0.381. The number of primary amides is 1. The smallest absolute Gasteiger partial charge is 0.351 e. The van der Waals surface area contributed by atoms with E-state index in [1.807, 2.05) is 0 Å². The molecule has 0 aliphatic heterocycles.